The zero-order chi connectivity index (χ0) is 19.9. The first-order valence-corrected chi connectivity index (χ1v) is 8.98. The van der Waals surface area contributed by atoms with Gasteiger partial charge in [-0.15, -0.1) is 0 Å². The fourth-order valence-corrected chi connectivity index (χ4v) is 3.16. The van der Waals surface area contributed by atoms with Crippen LogP contribution in [-0.4, -0.2) is 48.8 Å². The van der Waals surface area contributed by atoms with Crippen LogP contribution in [0.1, 0.15) is 12.0 Å². The van der Waals surface area contributed by atoms with E-state index in [0.717, 1.165) is 48.8 Å². The number of aromatic nitrogens is 2. The number of alkyl carbamates (subject to hydrolysis) is 1. The smallest absolute Gasteiger partial charge is 0.414 e. The molecular weight excluding hydrogens is 360 g/mol. The third-order valence-electron chi connectivity index (χ3n) is 4.48. The summed E-state index contributed by atoms with van der Waals surface area (Å²) in [6.45, 7) is 2.67. The molecule has 1 aliphatic rings. The number of hydrogen-bond donors (Lipinski definition) is 3. The van der Waals surface area contributed by atoms with Crippen LogP contribution < -0.4 is 16.0 Å². The van der Waals surface area contributed by atoms with Gasteiger partial charge in [0.2, 0.25) is 5.95 Å². The second-order valence-corrected chi connectivity index (χ2v) is 6.64. The van der Waals surface area contributed by atoms with E-state index in [4.69, 9.17) is 20.6 Å². The Bertz CT molecular complexity index is 827. The van der Waals surface area contributed by atoms with Gasteiger partial charge in [-0.1, -0.05) is 18.2 Å². The molecule has 2 heterocycles. The van der Waals surface area contributed by atoms with E-state index >= 15 is 0 Å². The zero-order valence-corrected chi connectivity index (χ0v) is 15.7. The SMILES string of the molecule is COCC1CCN(c2ncc(-c3cccc(COC(=O)NC(=N)N)c3)cn2)C1. The first-order chi connectivity index (χ1) is 13.5. The molecule has 1 amide bonds. The van der Waals surface area contributed by atoms with E-state index < -0.39 is 12.1 Å². The number of nitrogens with two attached hydrogens (primary N) is 1. The number of guanidine groups is 1. The monoisotopic (exact) mass is 384 g/mol. The molecule has 0 radical (unpaired) electrons. The lowest BCUT2D eigenvalue weighted by Gasteiger charge is -2.16. The Morgan fingerprint density at radius 2 is 2.14 bits per heavy atom. The summed E-state index contributed by atoms with van der Waals surface area (Å²) in [5.74, 6) is 0.787. The number of methoxy groups -OCH3 is 1. The van der Waals surface area contributed by atoms with Gasteiger partial charge in [-0.3, -0.25) is 10.7 Å². The van der Waals surface area contributed by atoms with Gasteiger partial charge in [0.1, 0.15) is 6.61 Å². The van der Waals surface area contributed by atoms with Crippen molar-refractivity contribution in [1.29, 1.82) is 5.41 Å². The summed E-state index contributed by atoms with van der Waals surface area (Å²) in [6, 6.07) is 7.58. The maximum atomic E-state index is 11.4. The third kappa shape index (κ3) is 5.17. The van der Waals surface area contributed by atoms with Crippen LogP contribution in [0.2, 0.25) is 0 Å². The molecule has 4 N–H and O–H groups in total. The molecule has 1 atom stereocenters. The van der Waals surface area contributed by atoms with Crippen LogP contribution in [0, 0.1) is 11.3 Å². The van der Waals surface area contributed by atoms with Crippen molar-refractivity contribution < 1.29 is 14.3 Å². The number of nitrogens with zero attached hydrogens (tertiary/aromatic N) is 3. The molecular formula is C19H24N6O3. The Kier molecular flexibility index (Phi) is 6.38. The molecule has 9 heteroatoms. The van der Waals surface area contributed by atoms with Crippen molar-refractivity contribution in [2.45, 2.75) is 13.0 Å². The summed E-state index contributed by atoms with van der Waals surface area (Å²) < 4.78 is 10.3. The predicted octanol–water partition coefficient (Wildman–Crippen LogP) is 1.74. The number of amides is 1. The molecule has 3 rings (SSSR count). The van der Waals surface area contributed by atoms with Crippen molar-refractivity contribution in [1.82, 2.24) is 15.3 Å². The molecule has 1 fully saturated rings. The molecule has 9 nitrogen and oxygen atoms in total. The molecule has 0 spiro atoms. The number of rotatable bonds is 6. The number of benzene rings is 1. The largest absolute Gasteiger partial charge is 0.444 e. The van der Waals surface area contributed by atoms with Crippen LogP contribution in [0.5, 0.6) is 0 Å². The minimum absolute atomic E-state index is 0.0700. The highest BCUT2D eigenvalue weighted by Gasteiger charge is 2.24. The van der Waals surface area contributed by atoms with E-state index in [1.165, 1.54) is 0 Å². The molecule has 1 aliphatic heterocycles. The minimum Gasteiger partial charge on any atom is -0.444 e. The Balaban J connectivity index is 1.62. The Hall–Kier alpha value is -3.20. The summed E-state index contributed by atoms with van der Waals surface area (Å²) in [7, 11) is 1.73. The van der Waals surface area contributed by atoms with E-state index in [-0.39, 0.29) is 6.61 Å². The molecule has 1 aromatic carbocycles. The highest BCUT2D eigenvalue weighted by atomic mass is 16.5. The molecule has 0 aliphatic carbocycles. The Labute approximate surface area is 163 Å². The quantitative estimate of drug-likeness (QED) is 0.511. The van der Waals surface area contributed by atoms with Gasteiger partial charge < -0.3 is 20.1 Å². The fourth-order valence-electron chi connectivity index (χ4n) is 3.16. The van der Waals surface area contributed by atoms with Gasteiger partial charge in [-0.25, -0.2) is 14.8 Å². The highest BCUT2D eigenvalue weighted by molar-refractivity contribution is 5.90. The summed E-state index contributed by atoms with van der Waals surface area (Å²) in [5.41, 5.74) is 7.71. The summed E-state index contributed by atoms with van der Waals surface area (Å²) in [6.07, 6.45) is 3.92. The standard InChI is InChI=1S/C19H24N6O3/c1-27-11-14-5-6-25(10-14)18-22-8-16(9-23-18)15-4-2-3-13(7-15)12-28-19(26)24-17(20)21/h2-4,7-9,14H,5-6,10-12H2,1H3,(H4,20,21,24,26). The van der Waals surface area contributed by atoms with Crippen molar-refractivity contribution in [3.05, 3.63) is 42.2 Å². The van der Waals surface area contributed by atoms with Crippen molar-refractivity contribution in [2.75, 3.05) is 31.7 Å². The lowest BCUT2D eigenvalue weighted by atomic mass is 10.1. The predicted molar refractivity (Wildman–Crippen MR) is 105 cm³/mol. The fraction of sp³-hybridized carbons (Fsp3) is 0.368. The van der Waals surface area contributed by atoms with Crippen molar-refractivity contribution >= 4 is 18.0 Å². The molecule has 0 bridgehead atoms. The van der Waals surface area contributed by atoms with Gasteiger partial charge in [-0.2, -0.15) is 0 Å². The average Bonchev–Trinajstić information content (AvgIpc) is 3.15. The molecule has 148 valence electrons. The van der Waals surface area contributed by atoms with Crippen LogP contribution in [0.4, 0.5) is 10.7 Å². The van der Waals surface area contributed by atoms with Gasteiger partial charge in [0.15, 0.2) is 5.96 Å². The van der Waals surface area contributed by atoms with Crippen molar-refractivity contribution in [2.24, 2.45) is 11.7 Å². The molecule has 1 aromatic heterocycles. The van der Waals surface area contributed by atoms with Gasteiger partial charge in [0, 0.05) is 44.1 Å². The topological polar surface area (TPSA) is 126 Å². The van der Waals surface area contributed by atoms with Crippen LogP contribution in [0.25, 0.3) is 11.1 Å². The van der Waals surface area contributed by atoms with Crippen LogP contribution in [0.3, 0.4) is 0 Å². The van der Waals surface area contributed by atoms with E-state index in [9.17, 15) is 4.79 Å². The van der Waals surface area contributed by atoms with Gasteiger partial charge >= 0.3 is 6.09 Å². The maximum Gasteiger partial charge on any atom is 0.414 e. The van der Waals surface area contributed by atoms with E-state index in [1.807, 2.05) is 24.3 Å². The van der Waals surface area contributed by atoms with Gasteiger partial charge in [0.05, 0.1) is 6.61 Å². The lowest BCUT2D eigenvalue weighted by molar-refractivity contribution is 0.145. The van der Waals surface area contributed by atoms with Gasteiger partial charge in [-0.05, 0) is 23.6 Å². The molecule has 2 aromatic rings. The average molecular weight is 384 g/mol. The van der Waals surface area contributed by atoms with Crippen LogP contribution in [-0.2, 0) is 16.1 Å². The van der Waals surface area contributed by atoms with Gasteiger partial charge in [0.25, 0.3) is 0 Å². The maximum absolute atomic E-state index is 11.4. The normalized spacial score (nSPS) is 16.0. The number of ether oxygens (including phenoxy) is 2. The Morgan fingerprint density at radius 3 is 2.86 bits per heavy atom. The number of anilines is 1. The number of nitrogens with one attached hydrogen (secondary N) is 2. The zero-order valence-electron chi connectivity index (χ0n) is 15.7. The second-order valence-electron chi connectivity index (χ2n) is 6.64. The first kappa shape index (κ1) is 19.6. The van der Waals surface area contributed by atoms with E-state index in [2.05, 4.69) is 20.2 Å². The second kappa shape index (κ2) is 9.14. The minimum atomic E-state index is -0.761. The third-order valence-corrected chi connectivity index (χ3v) is 4.48. The molecule has 1 saturated heterocycles. The molecule has 28 heavy (non-hydrogen) atoms. The number of carbonyl (C=O) groups excluding carboxylic acids is 1. The highest BCUT2D eigenvalue weighted by Crippen LogP contribution is 2.24. The molecule has 1 unspecified atom stereocenters. The molecule has 0 saturated carbocycles. The van der Waals surface area contributed by atoms with Crippen LogP contribution in [0.15, 0.2) is 36.7 Å². The Morgan fingerprint density at radius 1 is 1.36 bits per heavy atom. The summed E-state index contributed by atoms with van der Waals surface area (Å²) in [4.78, 5) is 22.6. The summed E-state index contributed by atoms with van der Waals surface area (Å²) in [5, 5.41) is 9.08. The van der Waals surface area contributed by atoms with E-state index in [1.54, 1.807) is 19.5 Å². The van der Waals surface area contributed by atoms with Crippen LogP contribution >= 0.6 is 0 Å². The first-order valence-electron chi connectivity index (χ1n) is 8.98. The van der Waals surface area contributed by atoms with E-state index in [0.29, 0.717) is 5.92 Å². The van der Waals surface area contributed by atoms with Crippen molar-refractivity contribution in [3.63, 3.8) is 0 Å². The lowest BCUT2D eigenvalue weighted by Crippen LogP contribution is -2.35. The van der Waals surface area contributed by atoms with Crippen molar-refractivity contribution in [3.8, 4) is 11.1 Å². The number of carbonyl (C=O) groups is 1. The number of hydrogen-bond acceptors (Lipinski definition) is 7. The summed E-state index contributed by atoms with van der Waals surface area (Å²) >= 11 is 0.